The van der Waals surface area contributed by atoms with E-state index in [9.17, 15) is 0 Å². The van der Waals surface area contributed by atoms with E-state index < -0.39 is 0 Å². The molecule has 4 aromatic heterocycles. The maximum Gasteiger partial charge on any atom is 0.0620 e. The van der Waals surface area contributed by atoms with Crippen LogP contribution in [-0.2, 0) is 0 Å². The summed E-state index contributed by atoms with van der Waals surface area (Å²) in [6.07, 6.45) is 2.23. The van der Waals surface area contributed by atoms with Gasteiger partial charge in [-0.15, -0.1) is 0 Å². The predicted molar refractivity (Wildman–Crippen MR) is 136 cm³/mol. The fraction of sp³-hybridized carbons (Fsp3) is 0. The van der Waals surface area contributed by atoms with Crippen LogP contribution in [0.5, 0.6) is 0 Å². The third kappa shape index (κ3) is 1.55. The van der Waals surface area contributed by atoms with Crippen LogP contribution in [0.4, 0.5) is 0 Å². The molecular weight excluding hydrogens is 388 g/mol. The van der Waals surface area contributed by atoms with Gasteiger partial charge in [0.2, 0.25) is 0 Å². The van der Waals surface area contributed by atoms with E-state index in [-0.39, 0.29) is 0 Å². The first kappa shape index (κ1) is 15.5. The third-order valence-electron chi connectivity index (χ3n) is 7.56. The van der Waals surface area contributed by atoms with Gasteiger partial charge in [-0.3, -0.25) is 0 Å². The van der Waals surface area contributed by atoms with Gasteiger partial charge in [0.05, 0.1) is 27.6 Å². The molecule has 0 N–H and O–H groups in total. The second-order valence-electron chi connectivity index (χ2n) is 9.04. The van der Waals surface area contributed by atoms with Gasteiger partial charge in [-0.25, -0.2) is 0 Å². The Labute approximate surface area is 182 Å². The van der Waals surface area contributed by atoms with E-state index in [2.05, 4.69) is 106 Å². The van der Waals surface area contributed by atoms with Crippen molar-refractivity contribution in [2.24, 2.45) is 0 Å². The maximum atomic E-state index is 2.48. The van der Waals surface area contributed by atoms with E-state index in [1.54, 1.807) is 0 Å². The van der Waals surface area contributed by atoms with E-state index in [1.807, 2.05) is 0 Å². The van der Waals surface area contributed by atoms with Gasteiger partial charge in [0, 0.05) is 43.9 Å². The average Bonchev–Trinajstić information content (AvgIpc) is 3.57. The quantitative estimate of drug-likeness (QED) is 0.242. The first-order valence-electron chi connectivity index (χ1n) is 11.1. The fourth-order valence-electron chi connectivity index (χ4n) is 6.31. The smallest absolute Gasteiger partial charge is 0.0620 e. The van der Waals surface area contributed by atoms with Gasteiger partial charge in [-0.2, -0.15) is 0 Å². The fourth-order valence-corrected chi connectivity index (χ4v) is 6.31. The van der Waals surface area contributed by atoms with Gasteiger partial charge in [0.15, 0.2) is 0 Å². The van der Waals surface area contributed by atoms with Crippen molar-refractivity contribution >= 4 is 76.1 Å². The molecule has 0 aliphatic carbocycles. The Morgan fingerprint density at radius 3 is 2.12 bits per heavy atom. The highest BCUT2D eigenvalue weighted by atomic mass is 14.9. The topological polar surface area (TPSA) is 8.82 Å². The van der Waals surface area contributed by atoms with E-state index in [1.165, 1.54) is 76.1 Å². The van der Waals surface area contributed by atoms with Crippen LogP contribution < -0.4 is 0 Å². The molecule has 5 aromatic carbocycles. The molecule has 32 heavy (non-hydrogen) atoms. The number of hydrogen-bond donors (Lipinski definition) is 0. The highest BCUT2D eigenvalue weighted by Gasteiger charge is 2.20. The zero-order chi connectivity index (χ0) is 20.6. The lowest BCUT2D eigenvalue weighted by molar-refractivity contribution is 1.31. The molecule has 0 fully saturated rings. The van der Waals surface area contributed by atoms with Crippen molar-refractivity contribution in [3.05, 3.63) is 97.2 Å². The summed E-state index contributed by atoms with van der Waals surface area (Å²) < 4.78 is 4.87. The minimum absolute atomic E-state index is 1.29. The summed E-state index contributed by atoms with van der Waals surface area (Å²) >= 11 is 0. The lowest BCUT2D eigenvalue weighted by Gasteiger charge is -2.02. The molecular formula is C30H16N2. The number of para-hydroxylation sites is 2. The van der Waals surface area contributed by atoms with Gasteiger partial charge >= 0.3 is 0 Å². The van der Waals surface area contributed by atoms with Crippen molar-refractivity contribution < 1.29 is 0 Å². The van der Waals surface area contributed by atoms with Crippen LogP contribution in [-0.4, -0.2) is 8.80 Å². The second-order valence-corrected chi connectivity index (χ2v) is 9.04. The summed E-state index contributed by atoms with van der Waals surface area (Å²) in [4.78, 5) is 0. The second kappa shape index (κ2) is 4.95. The minimum atomic E-state index is 1.29. The van der Waals surface area contributed by atoms with Crippen LogP contribution in [0.3, 0.4) is 0 Å². The van der Waals surface area contributed by atoms with E-state index in [4.69, 9.17) is 0 Å². The molecule has 0 saturated carbocycles. The SMILES string of the molecule is c1ccc2c(c1)cc1ccn3c4cc5c6cccc7c8ccccc8n(c5cc4c2c13)c76. The van der Waals surface area contributed by atoms with Crippen molar-refractivity contribution in [1.29, 1.82) is 0 Å². The lowest BCUT2D eigenvalue weighted by atomic mass is 10.0. The molecule has 4 heterocycles. The normalized spacial score (nSPS) is 13.0. The van der Waals surface area contributed by atoms with E-state index in [0.29, 0.717) is 0 Å². The molecule has 0 bridgehead atoms. The van der Waals surface area contributed by atoms with E-state index in [0.717, 1.165) is 0 Å². The summed E-state index contributed by atoms with van der Waals surface area (Å²) in [6.45, 7) is 0. The largest absolute Gasteiger partial charge is 0.315 e. The Hall–Kier alpha value is -4.30. The van der Waals surface area contributed by atoms with Gasteiger partial charge in [-0.1, -0.05) is 60.7 Å². The molecule has 0 aliphatic rings. The van der Waals surface area contributed by atoms with Crippen LogP contribution >= 0.6 is 0 Å². The Kier molecular flexibility index (Phi) is 2.40. The van der Waals surface area contributed by atoms with Gasteiger partial charge in [0.1, 0.15) is 0 Å². The van der Waals surface area contributed by atoms with Crippen molar-refractivity contribution in [3.8, 4) is 0 Å². The summed E-state index contributed by atoms with van der Waals surface area (Å²) in [5.41, 5.74) is 6.54. The zero-order valence-electron chi connectivity index (χ0n) is 17.1. The molecule has 0 aliphatic heterocycles. The van der Waals surface area contributed by atoms with E-state index >= 15 is 0 Å². The maximum absolute atomic E-state index is 2.48. The number of aromatic nitrogens is 2. The molecule has 9 aromatic rings. The third-order valence-corrected chi connectivity index (χ3v) is 7.56. The molecule has 0 unspecified atom stereocenters. The zero-order valence-corrected chi connectivity index (χ0v) is 17.1. The summed E-state index contributed by atoms with van der Waals surface area (Å²) in [5, 5.41) is 12.0. The number of hydrogen-bond acceptors (Lipinski definition) is 0. The number of fused-ring (bicyclic) bond motifs is 11. The average molecular weight is 404 g/mol. The van der Waals surface area contributed by atoms with Gasteiger partial charge < -0.3 is 8.80 Å². The standard InChI is InChI=1S/C30H16N2/c1-2-7-19-17(6-1)14-18-12-13-31-26-15-23-22-10-5-9-21-20-8-3-4-11-25(20)32(30(21)22)27(23)16-24(26)28(19)29(18)31/h1-16H. The number of benzene rings is 5. The van der Waals surface area contributed by atoms with Crippen LogP contribution in [0, 0.1) is 0 Å². The summed E-state index contributed by atoms with van der Waals surface area (Å²) in [5.74, 6) is 0. The van der Waals surface area contributed by atoms with Gasteiger partial charge in [0.25, 0.3) is 0 Å². The van der Waals surface area contributed by atoms with Crippen molar-refractivity contribution in [2.45, 2.75) is 0 Å². The summed E-state index contributed by atoms with van der Waals surface area (Å²) in [7, 11) is 0. The summed E-state index contributed by atoms with van der Waals surface area (Å²) in [6, 6.07) is 33.7. The minimum Gasteiger partial charge on any atom is -0.315 e. The highest BCUT2D eigenvalue weighted by Crippen LogP contribution is 2.44. The first-order valence-corrected chi connectivity index (χ1v) is 11.1. The molecule has 0 spiro atoms. The number of nitrogens with zero attached hydrogens (tertiary/aromatic N) is 2. The molecule has 0 saturated heterocycles. The Morgan fingerprint density at radius 1 is 0.438 bits per heavy atom. The highest BCUT2D eigenvalue weighted by molar-refractivity contribution is 6.30. The van der Waals surface area contributed by atoms with Crippen LogP contribution in [0.15, 0.2) is 97.2 Å². The molecule has 2 nitrogen and oxygen atoms in total. The molecule has 0 atom stereocenters. The Bertz CT molecular complexity index is 2170. The number of rotatable bonds is 0. The van der Waals surface area contributed by atoms with Crippen molar-refractivity contribution in [2.75, 3.05) is 0 Å². The molecule has 146 valence electrons. The predicted octanol–water partition coefficient (Wildman–Crippen LogP) is 7.99. The Morgan fingerprint density at radius 2 is 1.19 bits per heavy atom. The van der Waals surface area contributed by atoms with Crippen LogP contribution in [0.25, 0.3) is 76.1 Å². The molecule has 0 radical (unpaired) electrons. The molecule has 0 amide bonds. The van der Waals surface area contributed by atoms with Crippen molar-refractivity contribution in [3.63, 3.8) is 0 Å². The van der Waals surface area contributed by atoms with Crippen molar-refractivity contribution in [1.82, 2.24) is 8.80 Å². The Balaban J connectivity index is 1.64. The van der Waals surface area contributed by atoms with Gasteiger partial charge in [-0.05, 0) is 41.1 Å². The monoisotopic (exact) mass is 404 g/mol. The van der Waals surface area contributed by atoms with Crippen LogP contribution in [0.1, 0.15) is 0 Å². The molecule has 2 heteroatoms. The van der Waals surface area contributed by atoms with Crippen LogP contribution in [0.2, 0.25) is 0 Å². The molecule has 9 rings (SSSR count). The first-order chi connectivity index (χ1) is 15.9. The lowest BCUT2D eigenvalue weighted by Crippen LogP contribution is -1.81.